The Hall–Kier alpha value is -2.43. The summed E-state index contributed by atoms with van der Waals surface area (Å²) in [6.45, 7) is 2.81. The molecule has 2 rings (SSSR count). The van der Waals surface area contributed by atoms with Crippen molar-refractivity contribution in [1.29, 1.82) is 0 Å². The van der Waals surface area contributed by atoms with Crippen molar-refractivity contribution in [2.24, 2.45) is 0 Å². The van der Waals surface area contributed by atoms with Gasteiger partial charge in [-0.2, -0.15) is 4.39 Å². The number of carbonyl (C=O) groups excluding carboxylic acids is 1. The molecule has 1 aromatic heterocycles. The normalized spacial score (nSPS) is 10.2. The van der Waals surface area contributed by atoms with Crippen LogP contribution in [0.25, 0.3) is 0 Å². The zero-order chi connectivity index (χ0) is 15.2. The number of aryl methyl sites for hydroxylation is 1. The van der Waals surface area contributed by atoms with Crippen molar-refractivity contribution in [2.75, 3.05) is 20.2 Å². The Bertz CT molecular complexity index is 614. The van der Waals surface area contributed by atoms with Crippen molar-refractivity contribution in [3.63, 3.8) is 0 Å². The van der Waals surface area contributed by atoms with Crippen LogP contribution < -0.4 is 4.74 Å². The van der Waals surface area contributed by atoms with Gasteiger partial charge in [-0.05, 0) is 36.8 Å². The van der Waals surface area contributed by atoms with Crippen molar-refractivity contribution in [2.45, 2.75) is 6.92 Å². The second-order valence-electron chi connectivity index (χ2n) is 4.76. The average Bonchev–Trinajstić information content (AvgIpc) is 2.47. The highest BCUT2D eigenvalue weighted by Gasteiger charge is 2.12. The van der Waals surface area contributed by atoms with Crippen molar-refractivity contribution in [1.82, 2.24) is 9.88 Å². The average molecular weight is 288 g/mol. The van der Waals surface area contributed by atoms with Crippen LogP contribution in [0.3, 0.4) is 0 Å². The number of nitrogens with zero attached hydrogens (tertiary/aromatic N) is 2. The van der Waals surface area contributed by atoms with E-state index in [2.05, 4.69) is 4.98 Å². The Kier molecular flexibility index (Phi) is 4.87. The second kappa shape index (κ2) is 6.83. The van der Waals surface area contributed by atoms with Crippen LogP contribution in [0, 0.1) is 12.9 Å². The molecule has 0 aliphatic carbocycles. The second-order valence-corrected chi connectivity index (χ2v) is 4.76. The van der Waals surface area contributed by atoms with Crippen LogP contribution in [-0.4, -0.2) is 36.0 Å². The fourth-order valence-electron chi connectivity index (χ4n) is 1.83. The minimum Gasteiger partial charge on any atom is -0.492 e. The highest BCUT2D eigenvalue weighted by molar-refractivity contribution is 5.93. The molecule has 0 unspecified atom stereocenters. The fraction of sp³-hybridized carbons (Fsp3) is 0.250. The maximum atomic E-state index is 12.7. The van der Waals surface area contributed by atoms with Crippen molar-refractivity contribution >= 4 is 5.91 Å². The third-order valence-electron chi connectivity index (χ3n) is 3.01. The van der Waals surface area contributed by atoms with E-state index in [0.717, 1.165) is 11.3 Å². The molecule has 0 bridgehead atoms. The minimum atomic E-state index is -0.600. The van der Waals surface area contributed by atoms with Gasteiger partial charge in [-0.15, -0.1) is 0 Å². The van der Waals surface area contributed by atoms with Gasteiger partial charge < -0.3 is 9.64 Å². The van der Waals surface area contributed by atoms with Gasteiger partial charge in [0.2, 0.25) is 5.95 Å². The molecule has 1 heterocycles. The van der Waals surface area contributed by atoms with Gasteiger partial charge in [-0.3, -0.25) is 4.79 Å². The van der Waals surface area contributed by atoms with E-state index in [0.29, 0.717) is 18.7 Å². The number of aromatic nitrogens is 1. The predicted molar refractivity (Wildman–Crippen MR) is 77.8 cm³/mol. The van der Waals surface area contributed by atoms with Gasteiger partial charge in [0.15, 0.2) is 0 Å². The number of benzene rings is 1. The summed E-state index contributed by atoms with van der Waals surface area (Å²) in [7, 11) is 1.67. The van der Waals surface area contributed by atoms with Gasteiger partial charge in [0.1, 0.15) is 12.4 Å². The van der Waals surface area contributed by atoms with Crippen LogP contribution in [0.5, 0.6) is 5.75 Å². The Balaban J connectivity index is 1.85. The van der Waals surface area contributed by atoms with E-state index in [9.17, 15) is 9.18 Å². The molecule has 110 valence electrons. The summed E-state index contributed by atoms with van der Waals surface area (Å²) in [5.41, 5.74) is 1.48. The molecule has 21 heavy (non-hydrogen) atoms. The number of hydrogen-bond donors (Lipinski definition) is 0. The van der Waals surface area contributed by atoms with Gasteiger partial charge in [0, 0.05) is 13.2 Å². The van der Waals surface area contributed by atoms with Crippen LogP contribution in [0.1, 0.15) is 15.9 Å². The van der Waals surface area contributed by atoms with E-state index in [-0.39, 0.29) is 5.91 Å². The standard InChI is InChI=1S/C16H17FN2O2/c1-12-4-3-5-14(10-12)21-9-8-19(2)16(20)13-6-7-15(17)18-11-13/h3-7,10-11H,8-9H2,1-2H3. The summed E-state index contributed by atoms with van der Waals surface area (Å²) in [6, 6.07) is 10.3. The first kappa shape index (κ1) is 15.0. The van der Waals surface area contributed by atoms with Crippen molar-refractivity contribution < 1.29 is 13.9 Å². The molecule has 0 saturated carbocycles. The topological polar surface area (TPSA) is 42.4 Å². The van der Waals surface area contributed by atoms with Gasteiger partial charge in [0.05, 0.1) is 12.1 Å². The summed E-state index contributed by atoms with van der Waals surface area (Å²) >= 11 is 0. The zero-order valence-electron chi connectivity index (χ0n) is 12.0. The van der Waals surface area contributed by atoms with E-state index in [1.165, 1.54) is 23.2 Å². The number of ether oxygens (including phenoxy) is 1. The summed E-state index contributed by atoms with van der Waals surface area (Å²) < 4.78 is 18.3. The van der Waals surface area contributed by atoms with Crippen LogP contribution >= 0.6 is 0 Å². The molecule has 0 fully saturated rings. The highest BCUT2D eigenvalue weighted by atomic mass is 19.1. The number of carbonyl (C=O) groups is 1. The lowest BCUT2D eigenvalue weighted by atomic mass is 10.2. The van der Waals surface area contributed by atoms with Gasteiger partial charge in [0.25, 0.3) is 5.91 Å². The molecule has 5 heteroatoms. The first-order valence-corrected chi connectivity index (χ1v) is 6.63. The Labute approximate surface area is 123 Å². The van der Waals surface area contributed by atoms with Crippen molar-refractivity contribution in [3.05, 3.63) is 59.7 Å². The number of rotatable bonds is 5. The molecule has 0 atom stereocenters. The molecule has 2 aromatic rings. The smallest absolute Gasteiger partial charge is 0.255 e. The molecule has 0 aliphatic rings. The molecule has 4 nitrogen and oxygen atoms in total. The third-order valence-corrected chi connectivity index (χ3v) is 3.01. The first-order chi connectivity index (χ1) is 10.1. The number of likely N-dealkylation sites (N-methyl/N-ethyl adjacent to an activating group) is 1. The Morgan fingerprint density at radius 2 is 2.14 bits per heavy atom. The molecule has 1 aromatic carbocycles. The van der Waals surface area contributed by atoms with E-state index in [1.54, 1.807) is 7.05 Å². The number of halogens is 1. The Morgan fingerprint density at radius 3 is 2.81 bits per heavy atom. The molecule has 0 spiro atoms. The molecule has 0 saturated heterocycles. The third kappa shape index (κ3) is 4.27. The minimum absolute atomic E-state index is 0.213. The first-order valence-electron chi connectivity index (χ1n) is 6.63. The lowest BCUT2D eigenvalue weighted by Crippen LogP contribution is -2.31. The fourth-order valence-corrected chi connectivity index (χ4v) is 1.83. The lowest BCUT2D eigenvalue weighted by molar-refractivity contribution is 0.0773. The SMILES string of the molecule is Cc1cccc(OCCN(C)C(=O)c2ccc(F)nc2)c1. The van der Waals surface area contributed by atoms with Gasteiger partial charge >= 0.3 is 0 Å². The van der Waals surface area contributed by atoms with Gasteiger partial charge in [-0.25, -0.2) is 4.98 Å². The number of pyridine rings is 1. The molecule has 0 N–H and O–H groups in total. The number of hydrogen-bond acceptors (Lipinski definition) is 3. The summed E-state index contributed by atoms with van der Waals surface area (Å²) in [6.07, 6.45) is 1.23. The molecular weight excluding hydrogens is 271 g/mol. The van der Waals surface area contributed by atoms with Crippen molar-refractivity contribution in [3.8, 4) is 5.75 Å². The highest BCUT2D eigenvalue weighted by Crippen LogP contribution is 2.12. The molecular formula is C16H17FN2O2. The zero-order valence-corrected chi connectivity index (χ0v) is 12.0. The predicted octanol–water partition coefficient (Wildman–Crippen LogP) is 2.68. The van der Waals surface area contributed by atoms with E-state index >= 15 is 0 Å². The molecule has 0 radical (unpaired) electrons. The van der Waals surface area contributed by atoms with Gasteiger partial charge in [-0.1, -0.05) is 12.1 Å². The summed E-state index contributed by atoms with van der Waals surface area (Å²) in [5, 5.41) is 0. The number of amides is 1. The van der Waals surface area contributed by atoms with Crippen LogP contribution in [0.15, 0.2) is 42.6 Å². The maximum absolute atomic E-state index is 12.7. The summed E-state index contributed by atoms with van der Waals surface area (Å²) in [5.74, 6) is -0.0355. The maximum Gasteiger partial charge on any atom is 0.255 e. The van der Waals surface area contributed by atoms with E-state index in [4.69, 9.17) is 4.74 Å². The monoisotopic (exact) mass is 288 g/mol. The van der Waals surface area contributed by atoms with Crippen LogP contribution in [0.4, 0.5) is 4.39 Å². The van der Waals surface area contributed by atoms with Crippen LogP contribution in [0.2, 0.25) is 0 Å². The summed E-state index contributed by atoms with van der Waals surface area (Å²) in [4.78, 5) is 17.1. The molecule has 1 amide bonds. The van der Waals surface area contributed by atoms with E-state index < -0.39 is 5.95 Å². The lowest BCUT2D eigenvalue weighted by Gasteiger charge is -2.17. The quantitative estimate of drug-likeness (QED) is 0.794. The molecule has 0 aliphatic heterocycles. The largest absolute Gasteiger partial charge is 0.492 e. The Morgan fingerprint density at radius 1 is 1.33 bits per heavy atom. The van der Waals surface area contributed by atoms with Crippen LogP contribution in [-0.2, 0) is 0 Å². The van der Waals surface area contributed by atoms with E-state index in [1.807, 2.05) is 31.2 Å².